The number of carbonyl (C=O) groups excluding carboxylic acids is 1. The second kappa shape index (κ2) is 10.0. The highest BCUT2D eigenvalue weighted by Crippen LogP contribution is 2.23. The molecule has 0 saturated heterocycles. The Hall–Kier alpha value is -2.87. The second-order valence-electron chi connectivity index (χ2n) is 4.68. The summed E-state index contributed by atoms with van der Waals surface area (Å²) < 4.78 is 4.92. The van der Waals surface area contributed by atoms with Crippen LogP contribution < -0.4 is 4.90 Å². The van der Waals surface area contributed by atoms with Gasteiger partial charge >= 0.3 is 5.97 Å². The predicted octanol–water partition coefficient (Wildman–Crippen LogP) is 0.841. The van der Waals surface area contributed by atoms with Crippen molar-refractivity contribution < 1.29 is 19.7 Å². The molecule has 0 heterocycles. The van der Waals surface area contributed by atoms with Crippen molar-refractivity contribution in [3.8, 4) is 12.1 Å². The van der Waals surface area contributed by atoms with E-state index in [1.165, 1.54) is 0 Å². The molecule has 126 valence electrons. The molecular weight excluding hydrogens is 310 g/mol. The fourth-order valence-electron chi connectivity index (χ4n) is 2.15. The summed E-state index contributed by atoms with van der Waals surface area (Å²) in [5.74, 6) is -0.731. The Balaban J connectivity index is 3.24. The lowest BCUT2D eigenvalue weighted by atomic mass is 10.0. The number of carbonyl (C=O) groups is 1. The van der Waals surface area contributed by atoms with Crippen molar-refractivity contribution in [2.45, 2.75) is 6.92 Å². The molecule has 0 aliphatic heterocycles. The van der Waals surface area contributed by atoms with E-state index in [-0.39, 0.29) is 31.0 Å². The molecule has 0 radical (unpaired) electrons. The zero-order chi connectivity index (χ0) is 17.9. The van der Waals surface area contributed by atoms with Crippen molar-refractivity contribution in [2.75, 3.05) is 37.8 Å². The van der Waals surface area contributed by atoms with Gasteiger partial charge in [0.05, 0.1) is 25.4 Å². The standard InChI is InChI=1S/C17H19N3O4/c1-2-24-17(23)16(14(11-18)12-19)13-3-5-15(6-4-13)20(7-9-21)8-10-22/h3-6,21-22H,2,7-10H2,1H3. The number of rotatable bonds is 8. The maximum Gasteiger partial charge on any atom is 0.340 e. The number of aliphatic hydroxyl groups excluding tert-OH is 2. The van der Waals surface area contributed by atoms with Gasteiger partial charge in [-0.3, -0.25) is 0 Å². The summed E-state index contributed by atoms with van der Waals surface area (Å²) in [6.45, 7) is 2.33. The lowest BCUT2D eigenvalue weighted by Gasteiger charge is -2.23. The minimum Gasteiger partial charge on any atom is -0.462 e. The summed E-state index contributed by atoms with van der Waals surface area (Å²) in [6.07, 6.45) is 0. The second-order valence-corrected chi connectivity index (χ2v) is 4.68. The number of esters is 1. The lowest BCUT2D eigenvalue weighted by Crippen LogP contribution is -2.29. The number of aliphatic hydroxyl groups is 2. The van der Waals surface area contributed by atoms with Gasteiger partial charge in [-0.1, -0.05) is 12.1 Å². The van der Waals surface area contributed by atoms with Gasteiger partial charge < -0.3 is 19.8 Å². The van der Waals surface area contributed by atoms with Crippen molar-refractivity contribution >= 4 is 17.2 Å². The average molecular weight is 329 g/mol. The first-order valence-electron chi connectivity index (χ1n) is 7.41. The molecule has 1 aromatic carbocycles. The molecule has 2 N–H and O–H groups in total. The van der Waals surface area contributed by atoms with Gasteiger partial charge in [0.2, 0.25) is 0 Å². The molecule has 0 atom stereocenters. The maximum atomic E-state index is 12.1. The number of benzene rings is 1. The summed E-state index contributed by atoms with van der Waals surface area (Å²) in [4.78, 5) is 13.8. The largest absolute Gasteiger partial charge is 0.462 e. The van der Waals surface area contributed by atoms with E-state index in [4.69, 9.17) is 25.5 Å². The Bertz CT molecular complexity index is 647. The van der Waals surface area contributed by atoms with Gasteiger partial charge in [0.15, 0.2) is 0 Å². The first-order chi connectivity index (χ1) is 11.6. The van der Waals surface area contributed by atoms with Crippen LogP contribution in [0, 0.1) is 22.7 Å². The fourth-order valence-corrected chi connectivity index (χ4v) is 2.15. The molecule has 7 heteroatoms. The van der Waals surface area contributed by atoms with Gasteiger partial charge in [0.25, 0.3) is 0 Å². The van der Waals surface area contributed by atoms with Crippen LogP contribution in [0.2, 0.25) is 0 Å². The van der Waals surface area contributed by atoms with Crippen LogP contribution in [0.4, 0.5) is 5.69 Å². The Labute approximate surface area is 140 Å². The SMILES string of the molecule is CCOC(=O)C(=C(C#N)C#N)c1ccc(N(CCO)CCO)cc1. The molecule has 0 bridgehead atoms. The molecule has 0 amide bonds. The molecule has 0 fully saturated rings. The van der Waals surface area contributed by atoms with E-state index in [2.05, 4.69) is 0 Å². The molecule has 0 saturated carbocycles. The summed E-state index contributed by atoms with van der Waals surface area (Å²) in [5.41, 5.74) is 0.733. The number of hydrogen-bond acceptors (Lipinski definition) is 7. The van der Waals surface area contributed by atoms with Crippen LogP contribution in [-0.4, -0.2) is 49.1 Å². The van der Waals surface area contributed by atoms with Crippen LogP contribution in [-0.2, 0) is 9.53 Å². The van der Waals surface area contributed by atoms with E-state index in [9.17, 15) is 4.79 Å². The van der Waals surface area contributed by atoms with Crippen molar-refractivity contribution in [3.05, 3.63) is 35.4 Å². The third-order valence-electron chi connectivity index (χ3n) is 3.21. The highest BCUT2D eigenvalue weighted by molar-refractivity contribution is 6.19. The summed E-state index contributed by atoms with van der Waals surface area (Å²) in [7, 11) is 0. The van der Waals surface area contributed by atoms with Crippen molar-refractivity contribution in [1.82, 2.24) is 0 Å². The summed E-state index contributed by atoms with van der Waals surface area (Å²) in [6, 6.07) is 9.98. The fraction of sp³-hybridized carbons (Fsp3) is 0.353. The predicted molar refractivity (Wildman–Crippen MR) is 87.6 cm³/mol. The van der Waals surface area contributed by atoms with E-state index in [1.54, 1.807) is 48.2 Å². The number of nitriles is 2. The Kier molecular flexibility index (Phi) is 8.00. The van der Waals surface area contributed by atoms with Gasteiger partial charge in [-0.2, -0.15) is 10.5 Å². The molecule has 0 spiro atoms. The van der Waals surface area contributed by atoms with Crippen molar-refractivity contribution in [3.63, 3.8) is 0 Å². The summed E-state index contributed by atoms with van der Waals surface area (Å²) >= 11 is 0. The van der Waals surface area contributed by atoms with Crippen molar-refractivity contribution in [2.24, 2.45) is 0 Å². The third kappa shape index (κ3) is 4.82. The number of nitrogens with zero attached hydrogens (tertiary/aromatic N) is 3. The van der Waals surface area contributed by atoms with E-state index >= 15 is 0 Å². The molecular formula is C17H19N3O4. The van der Waals surface area contributed by atoms with Crippen LogP contribution in [0.3, 0.4) is 0 Å². The number of anilines is 1. The topological polar surface area (TPSA) is 118 Å². The summed E-state index contributed by atoms with van der Waals surface area (Å²) in [5, 5.41) is 36.3. The normalized spacial score (nSPS) is 9.54. The number of allylic oxidation sites excluding steroid dienone is 1. The number of hydrogen-bond donors (Lipinski definition) is 2. The molecule has 1 aromatic rings. The smallest absolute Gasteiger partial charge is 0.340 e. The lowest BCUT2D eigenvalue weighted by molar-refractivity contribution is -0.136. The monoisotopic (exact) mass is 329 g/mol. The zero-order valence-corrected chi connectivity index (χ0v) is 13.4. The Morgan fingerprint density at radius 2 is 1.67 bits per heavy atom. The highest BCUT2D eigenvalue weighted by Gasteiger charge is 2.19. The quantitative estimate of drug-likeness (QED) is 0.412. The van der Waals surface area contributed by atoms with Gasteiger partial charge in [-0.15, -0.1) is 0 Å². The zero-order valence-electron chi connectivity index (χ0n) is 13.4. The van der Waals surface area contributed by atoms with E-state index < -0.39 is 5.97 Å². The minimum absolute atomic E-state index is 0.0667. The molecule has 0 aliphatic carbocycles. The average Bonchev–Trinajstić information content (AvgIpc) is 2.59. The van der Waals surface area contributed by atoms with E-state index in [0.717, 1.165) is 5.69 Å². The van der Waals surface area contributed by atoms with E-state index in [1.807, 2.05) is 0 Å². The van der Waals surface area contributed by atoms with Gasteiger partial charge in [0, 0.05) is 18.8 Å². The maximum absolute atomic E-state index is 12.1. The van der Waals surface area contributed by atoms with Crippen LogP contribution in [0.25, 0.3) is 5.57 Å². The molecule has 0 aromatic heterocycles. The van der Waals surface area contributed by atoms with E-state index in [0.29, 0.717) is 18.7 Å². The molecule has 1 rings (SSSR count). The van der Waals surface area contributed by atoms with Crippen molar-refractivity contribution in [1.29, 1.82) is 10.5 Å². The van der Waals surface area contributed by atoms with Crippen LogP contribution >= 0.6 is 0 Å². The minimum atomic E-state index is -0.731. The third-order valence-corrected chi connectivity index (χ3v) is 3.21. The first kappa shape index (κ1) is 19.2. The van der Waals surface area contributed by atoms with Gasteiger partial charge in [-0.05, 0) is 24.6 Å². The Morgan fingerprint density at radius 1 is 1.12 bits per heavy atom. The van der Waals surface area contributed by atoms with Crippen LogP contribution in [0.1, 0.15) is 12.5 Å². The number of ether oxygens (including phenoxy) is 1. The molecule has 0 unspecified atom stereocenters. The molecule has 24 heavy (non-hydrogen) atoms. The highest BCUT2D eigenvalue weighted by atomic mass is 16.5. The van der Waals surface area contributed by atoms with Crippen LogP contribution in [0.5, 0.6) is 0 Å². The molecule has 0 aliphatic rings. The van der Waals surface area contributed by atoms with Crippen LogP contribution in [0.15, 0.2) is 29.8 Å². The first-order valence-corrected chi connectivity index (χ1v) is 7.41. The van der Waals surface area contributed by atoms with Gasteiger partial charge in [0.1, 0.15) is 17.7 Å². The Morgan fingerprint density at radius 3 is 2.08 bits per heavy atom. The molecule has 7 nitrogen and oxygen atoms in total. The van der Waals surface area contributed by atoms with Gasteiger partial charge in [-0.25, -0.2) is 4.79 Å².